The fourth-order valence-corrected chi connectivity index (χ4v) is 3.32. The lowest BCUT2D eigenvalue weighted by Crippen LogP contribution is -2.13. The summed E-state index contributed by atoms with van der Waals surface area (Å²) in [6.45, 7) is 0. The molecule has 2 aromatic carbocycles. The molecule has 5 rings (SSSR count). The van der Waals surface area contributed by atoms with E-state index in [1.807, 2.05) is 85.1 Å². The molecule has 0 bridgehead atoms. The van der Waals surface area contributed by atoms with Crippen LogP contribution in [0.25, 0.3) is 28.0 Å². The number of para-hydroxylation sites is 1. The van der Waals surface area contributed by atoms with Crippen LogP contribution in [-0.4, -0.2) is 25.7 Å². The summed E-state index contributed by atoms with van der Waals surface area (Å²) >= 11 is 0. The number of hydrogen-bond donors (Lipinski definition) is 1. The minimum atomic E-state index is -0.209. The Labute approximate surface area is 172 Å². The average Bonchev–Trinajstić information content (AvgIpc) is 3.34. The Morgan fingerprint density at radius 1 is 0.900 bits per heavy atom. The second-order valence-electron chi connectivity index (χ2n) is 6.75. The Morgan fingerprint density at radius 3 is 2.50 bits per heavy atom. The largest absolute Gasteiger partial charge is 0.321 e. The average molecular weight is 391 g/mol. The van der Waals surface area contributed by atoms with E-state index in [-0.39, 0.29) is 5.91 Å². The number of rotatable bonds is 4. The van der Waals surface area contributed by atoms with Gasteiger partial charge in [-0.15, -0.1) is 0 Å². The highest BCUT2D eigenvalue weighted by atomic mass is 16.1. The summed E-state index contributed by atoms with van der Waals surface area (Å²) in [6.07, 6.45) is 5.13. The first-order chi connectivity index (χ1) is 14.8. The van der Waals surface area contributed by atoms with Gasteiger partial charge in [-0.2, -0.15) is 5.10 Å². The first kappa shape index (κ1) is 17.8. The first-order valence-electron chi connectivity index (χ1n) is 9.50. The van der Waals surface area contributed by atoms with E-state index < -0.39 is 0 Å². The summed E-state index contributed by atoms with van der Waals surface area (Å²) in [4.78, 5) is 22.2. The molecule has 0 fully saturated rings. The molecule has 0 spiro atoms. The number of anilines is 1. The van der Waals surface area contributed by atoms with Crippen LogP contribution in [0, 0.1) is 0 Å². The van der Waals surface area contributed by atoms with Crippen LogP contribution in [0.1, 0.15) is 10.4 Å². The SMILES string of the molecule is O=C(Nc1ccc(-n2cccn2)nc1)c1cc(-c2ccccc2)nc2ccccc12. The van der Waals surface area contributed by atoms with Crippen molar-refractivity contribution in [2.45, 2.75) is 0 Å². The van der Waals surface area contributed by atoms with Gasteiger partial charge in [0.1, 0.15) is 0 Å². The molecule has 1 amide bonds. The van der Waals surface area contributed by atoms with Gasteiger partial charge < -0.3 is 5.32 Å². The topological polar surface area (TPSA) is 72.7 Å². The number of pyridine rings is 2. The van der Waals surface area contributed by atoms with E-state index in [9.17, 15) is 4.79 Å². The van der Waals surface area contributed by atoms with Crippen LogP contribution in [0.3, 0.4) is 0 Å². The zero-order valence-electron chi connectivity index (χ0n) is 15.9. The molecule has 6 heteroatoms. The van der Waals surface area contributed by atoms with Crippen molar-refractivity contribution in [1.82, 2.24) is 19.7 Å². The van der Waals surface area contributed by atoms with Crippen molar-refractivity contribution in [3.63, 3.8) is 0 Å². The van der Waals surface area contributed by atoms with Crippen molar-refractivity contribution in [3.05, 3.63) is 103 Å². The van der Waals surface area contributed by atoms with Crippen molar-refractivity contribution >= 4 is 22.5 Å². The molecule has 0 radical (unpaired) electrons. The molecule has 0 unspecified atom stereocenters. The van der Waals surface area contributed by atoms with Gasteiger partial charge in [0.25, 0.3) is 5.91 Å². The monoisotopic (exact) mass is 391 g/mol. The first-order valence-corrected chi connectivity index (χ1v) is 9.50. The molecule has 1 N–H and O–H groups in total. The molecule has 0 aliphatic heterocycles. The lowest BCUT2D eigenvalue weighted by atomic mass is 10.0. The Morgan fingerprint density at radius 2 is 1.73 bits per heavy atom. The maximum absolute atomic E-state index is 13.1. The molecule has 0 aliphatic carbocycles. The van der Waals surface area contributed by atoms with Crippen molar-refractivity contribution in [2.75, 3.05) is 5.32 Å². The molecule has 3 heterocycles. The van der Waals surface area contributed by atoms with Gasteiger partial charge in [0.2, 0.25) is 0 Å². The van der Waals surface area contributed by atoms with Crippen molar-refractivity contribution in [2.24, 2.45) is 0 Å². The van der Waals surface area contributed by atoms with Crippen LogP contribution in [0.4, 0.5) is 5.69 Å². The molecule has 6 nitrogen and oxygen atoms in total. The summed E-state index contributed by atoms with van der Waals surface area (Å²) in [5.74, 6) is 0.471. The highest BCUT2D eigenvalue weighted by molar-refractivity contribution is 6.13. The second-order valence-corrected chi connectivity index (χ2v) is 6.75. The molecule has 144 valence electrons. The van der Waals surface area contributed by atoms with E-state index in [1.54, 1.807) is 17.1 Å². The fourth-order valence-electron chi connectivity index (χ4n) is 3.32. The van der Waals surface area contributed by atoms with Gasteiger partial charge in [-0.3, -0.25) is 4.79 Å². The predicted octanol–water partition coefficient (Wildman–Crippen LogP) is 4.73. The highest BCUT2D eigenvalue weighted by Crippen LogP contribution is 2.25. The molecule has 0 atom stereocenters. The second kappa shape index (κ2) is 7.60. The number of fused-ring (bicyclic) bond motifs is 1. The summed E-state index contributed by atoms with van der Waals surface area (Å²) in [5.41, 5.74) is 3.67. The van der Waals surface area contributed by atoms with E-state index >= 15 is 0 Å². The quantitative estimate of drug-likeness (QED) is 0.480. The number of nitrogens with one attached hydrogen (secondary N) is 1. The lowest BCUT2D eigenvalue weighted by Gasteiger charge is -2.11. The van der Waals surface area contributed by atoms with Crippen LogP contribution in [0.5, 0.6) is 0 Å². The molecular formula is C24H17N5O. The van der Waals surface area contributed by atoms with E-state index in [0.29, 0.717) is 17.1 Å². The van der Waals surface area contributed by atoms with Gasteiger partial charge >= 0.3 is 0 Å². The summed E-state index contributed by atoms with van der Waals surface area (Å²) in [7, 11) is 0. The molecule has 0 saturated heterocycles. The summed E-state index contributed by atoms with van der Waals surface area (Å²) in [5, 5.41) is 7.90. The molecule has 0 saturated carbocycles. The van der Waals surface area contributed by atoms with Gasteiger partial charge in [0.15, 0.2) is 5.82 Å². The highest BCUT2D eigenvalue weighted by Gasteiger charge is 2.14. The maximum Gasteiger partial charge on any atom is 0.256 e. The third-order valence-corrected chi connectivity index (χ3v) is 4.78. The molecule has 0 aliphatic rings. The van der Waals surface area contributed by atoms with E-state index in [1.165, 1.54) is 0 Å². The van der Waals surface area contributed by atoms with Crippen LogP contribution in [0.15, 0.2) is 97.5 Å². The number of benzene rings is 2. The minimum Gasteiger partial charge on any atom is -0.321 e. The Kier molecular flexibility index (Phi) is 4.50. The smallest absolute Gasteiger partial charge is 0.256 e. The summed E-state index contributed by atoms with van der Waals surface area (Å²) < 4.78 is 1.66. The standard InChI is InChI=1S/C24H17N5O/c30-24(27-18-11-12-23(25-16-18)29-14-6-13-26-29)20-15-22(17-7-2-1-3-8-17)28-21-10-5-4-9-19(20)21/h1-16H,(H,27,30). The van der Waals surface area contributed by atoms with E-state index in [2.05, 4.69) is 15.4 Å². The van der Waals surface area contributed by atoms with Crippen molar-refractivity contribution < 1.29 is 4.79 Å². The van der Waals surface area contributed by atoms with E-state index in [4.69, 9.17) is 4.98 Å². The maximum atomic E-state index is 13.1. The van der Waals surface area contributed by atoms with Crippen LogP contribution < -0.4 is 5.32 Å². The number of carbonyl (C=O) groups excluding carboxylic acids is 1. The third-order valence-electron chi connectivity index (χ3n) is 4.78. The number of nitrogens with zero attached hydrogens (tertiary/aromatic N) is 4. The third kappa shape index (κ3) is 3.42. The molecule has 5 aromatic rings. The van der Waals surface area contributed by atoms with Gasteiger partial charge in [-0.1, -0.05) is 48.5 Å². The van der Waals surface area contributed by atoms with Gasteiger partial charge in [-0.25, -0.2) is 14.6 Å². The number of carbonyl (C=O) groups is 1. The predicted molar refractivity (Wildman–Crippen MR) is 116 cm³/mol. The normalized spacial score (nSPS) is 10.8. The zero-order chi connectivity index (χ0) is 20.3. The van der Waals surface area contributed by atoms with E-state index in [0.717, 1.165) is 22.2 Å². The van der Waals surface area contributed by atoms with Crippen molar-refractivity contribution in [1.29, 1.82) is 0 Å². The number of hydrogen-bond acceptors (Lipinski definition) is 4. The Balaban J connectivity index is 1.49. The molecule has 3 aromatic heterocycles. The van der Waals surface area contributed by atoms with Crippen LogP contribution in [-0.2, 0) is 0 Å². The zero-order valence-corrected chi connectivity index (χ0v) is 15.9. The van der Waals surface area contributed by atoms with Crippen LogP contribution >= 0.6 is 0 Å². The van der Waals surface area contributed by atoms with Crippen LogP contribution in [0.2, 0.25) is 0 Å². The summed E-state index contributed by atoms with van der Waals surface area (Å²) in [6, 6.07) is 24.8. The molecule has 30 heavy (non-hydrogen) atoms. The number of aromatic nitrogens is 4. The minimum absolute atomic E-state index is 0.209. The number of amides is 1. The van der Waals surface area contributed by atoms with Gasteiger partial charge in [0.05, 0.1) is 28.7 Å². The van der Waals surface area contributed by atoms with Gasteiger partial charge in [0, 0.05) is 23.3 Å². The molecular weight excluding hydrogens is 374 g/mol. The Hall–Kier alpha value is -4.32. The fraction of sp³-hybridized carbons (Fsp3) is 0. The lowest BCUT2D eigenvalue weighted by molar-refractivity contribution is 0.102. The van der Waals surface area contributed by atoms with Crippen molar-refractivity contribution in [3.8, 4) is 17.1 Å². The van der Waals surface area contributed by atoms with Gasteiger partial charge in [-0.05, 0) is 30.3 Å². The Bertz CT molecular complexity index is 1310.